The zero-order valence-electron chi connectivity index (χ0n) is 14.3. The fourth-order valence-electron chi connectivity index (χ4n) is 2.32. The summed E-state index contributed by atoms with van der Waals surface area (Å²) in [6.07, 6.45) is 1.34. The largest absolute Gasteiger partial charge is 0.340 e. The summed E-state index contributed by atoms with van der Waals surface area (Å²) in [4.78, 5) is 27.6. The minimum Gasteiger partial charge on any atom is -0.340 e. The molecule has 5 nitrogen and oxygen atoms in total. The maximum absolute atomic E-state index is 13.6. The number of carbonyl (C=O) groups excluding carboxylic acids is 2. The Labute approximate surface area is 154 Å². The van der Waals surface area contributed by atoms with Crippen LogP contribution in [0.5, 0.6) is 0 Å². The SMILES string of the molecule is CC(=O)c1ccc(Nc2ccc(C(=O)Nc3ccc(F)cc3F)cn2)cc1. The number of Topliss-reactive ketones (excluding diaryl/α,β-unsaturated/α-hetero) is 1. The standard InChI is InChI=1S/C20H15F2N3O2/c1-12(26)13-2-6-16(7-3-13)24-19-9-4-14(11-23-19)20(27)25-18-8-5-15(21)10-17(18)22/h2-11H,1H3,(H,23,24)(H,25,27). The molecule has 0 saturated heterocycles. The highest BCUT2D eigenvalue weighted by molar-refractivity contribution is 6.04. The number of rotatable bonds is 5. The van der Waals surface area contributed by atoms with Crippen LogP contribution in [-0.4, -0.2) is 16.7 Å². The molecule has 0 saturated carbocycles. The molecular formula is C20H15F2N3O2. The molecule has 0 unspecified atom stereocenters. The van der Waals surface area contributed by atoms with E-state index >= 15 is 0 Å². The Balaban J connectivity index is 1.67. The molecule has 3 aromatic rings. The number of hydrogen-bond donors (Lipinski definition) is 2. The molecule has 2 aromatic carbocycles. The number of halogens is 2. The second-order valence-electron chi connectivity index (χ2n) is 5.77. The molecule has 2 N–H and O–H groups in total. The van der Waals surface area contributed by atoms with Gasteiger partial charge in [0.15, 0.2) is 5.78 Å². The van der Waals surface area contributed by atoms with E-state index in [4.69, 9.17) is 0 Å². The van der Waals surface area contributed by atoms with Crippen molar-refractivity contribution in [3.8, 4) is 0 Å². The summed E-state index contributed by atoms with van der Waals surface area (Å²) in [6, 6.07) is 12.9. The molecule has 27 heavy (non-hydrogen) atoms. The van der Waals surface area contributed by atoms with E-state index in [2.05, 4.69) is 15.6 Å². The van der Waals surface area contributed by atoms with E-state index in [1.807, 2.05) is 0 Å². The van der Waals surface area contributed by atoms with Gasteiger partial charge in [-0.2, -0.15) is 0 Å². The van der Waals surface area contributed by atoms with Gasteiger partial charge in [-0.05, 0) is 55.5 Å². The van der Waals surface area contributed by atoms with Crippen molar-refractivity contribution in [3.05, 3.63) is 83.6 Å². The predicted octanol–water partition coefficient (Wildman–Crippen LogP) is 4.56. The first-order valence-corrected chi connectivity index (χ1v) is 8.03. The third-order valence-corrected chi connectivity index (χ3v) is 3.77. The van der Waals surface area contributed by atoms with E-state index < -0.39 is 17.5 Å². The monoisotopic (exact) mass is 367 g/mol. The fraction of sp³-hybridized carbons (Fsp3) is 0.0500. The van der Waals surface area contributed by atoms with Crippen molar-refractivity contribution in [1.82, 2.24) is 4.98 Å². The van der Waals surface area contributed by atoms with Gasteiger partial charge in [0.25, 0.3) is 5.91 Å². The van der Waals surface area contributed by atoms with E-state index in [1.54, 1.807) is 30.3 Å². The number of nitrogens with zero attached hydrogens (tertiary/aromatic N) is 1. The predicted molar refractivity (Wildman–Crippen MR) is 98.3 cm³/mol. The summed E-state index contributed by atoms with van der Waals surface area (Å²) in [7, 11) is 0. The van der Waals surface area contributed by atoms with E-state index in [9.17, 15) is 18.4 Å². The van der Waals surface area contributed by atoms with Gasteiger partial charge in [-0.1, -0.05) is 0 Å². The van der Waals surface area contributed by atoms with Gasteiger partial charge < -0.3 is 10.6 Å². The van der Waals surface area contributed by atoms with Crippen molar-refractivity contribution in [2.24, 2.45) is 0 Å². The Bertz CT molecular complexity index is 987. The smallest absolute Gasteiger partial charge is 0.257 e. The number of benzene rings is 2. The second-order valence-corrected chi connectivity index (χ2v) is 5.77. The summed E-state index contributed by atoms with van der Waals surface area (Å²) < 4.78 is 26.5. The van der Waals surface area contributed by atoms with E-state index in [0.29, 0.717) is 17.4 Å². The molecule has 1 aromatic heterocycles. The summed E-state index contributed by atoms with van der Waals surface area (Å²) in [6.45, 7) is 1.49. The van der Waals surface area contributed by atoms with Gasteiger partial charge in [0.2, 0.25) is 0 Å². The molecule has 0 spiro atoms. The number of anilines is 3. The first-order chi connectivity index (χ1) is 12.9. The van der Waals surface area contributed by atoms with Crippen molar-refractivity contribution in [2.75, 3.05) is 10.6 Å². The molecule has 3 rings (SSSR count). The number of aromatic nitrogens is 1. The van der Waals surface area contributed by atoms with Crippen molar-refractivity contribution in [2.45, 2.75) is 6.92 Å². The molecule has 7 heteroatoms. The van der Waals surface area contributed by atoms with Crippen LogP contribution in [0.3, 0.4) is 0 Å². The molecule has 0 atom stereocenters. The molecule has 136 valence electrons. The van der Waals surface area contributed by atoms with Gasteiger partial charge >= 0.3 is 0 Å². The number of carbonyl (C=O) groups is 2. The van der Waals surface area contributed by atoms with Gasteiger partial charge in [0.1, 0.15) is 17.5 Å². The van der Waals surface area contributed by atoms with Crippen LogP contribution in [0.1, 0.15) is 27.6 Å². The van der Waals surface area contributed by atoms with Gasteiger partial charge in [0.05, 0.1) is 11.3 Å². The lowest BCUT2D eigenvalue weighted by atomic mass is 10.1. The summed E-state index contributed by atoms with van der Waals surface area (Å²) >= 11 is 0. The quantitative estimate of drug-likeness (QED) is 0.649. The fourth-order valence-corrected chi connectivity index (χ4v) is 2.32. The number of amides is 1. The molecular weight excluding hydrogens is 352 g/mol. The van der Waals surface area contributed by atoms with Crippen LogP contribution in [0.4, 0.5) is 26.0 Å². The van der Waals surface area contributed by atoms with Gasteiger partial charge in [-0.3, -0.25) is 9.59 Å². The highest BCUT2D eigenvalue weighted by Crippen LogP contribution is 2.18. The minimum absolute atomic E-state index is 0.0207. The van der Waals surface area contributed by atoms with Crippen molar-refractivity contribution < 1.29 is 18.4 Å². The highest BCUT2D eigenvalue weighted by atomic mass is 19.1. The maximum atomic E-state index is 13.6. The van der Waals surface area contributed by atoms with Crippen LogP contribution in [0, 0.1) is 11.6 Å². The molecule has 0 aliphatic heterocycles. The number of nitrogens with one attached hydrogen (secondary N) is 2. The number of hydrogen-bond acceptors (Lipinski definition) is 4. The zero-order chi connectivity index (χ0) is 19.4. The lowest BCUT2D eigenvalue weighted by Gasteiger charge is -2.08. The third-order valence-electron chi connectivity index (χ3n) is 3.77. The Morgan fingerprint density at radius 2 is 1.63 bits per heavy atom. The lowest BCUT2D eigenvalue weighted by molar-refractivity contribution is 0.101. The van der Waals surface area contributed by atoms with Crippen LogP contribution in [-0.2, 0) is 0 Å². The van der Waals surface area contributed by atoms with Crippen LogP contribution in [0.25, 0.3) is 0 Å². The van der Waals surface area contributed by atoms with E-state index in [1.165, 1.54) is 19.2 Å². The molecule has 0 bridgehead atoms. The molecule has 0 radical (unpaired) electrons. The van der Waals surface area contributed by atoms with Crippen LogP contribution in [0.2, 0.25) is 0 Å². The average Bonchev–Trinajstić information content (AvgIpc) is 2.65. The zero-order valence-corrected chi connectivity index (χ0v) is 14.3. The molecule has 0 aliphatic carbocycles. The molecule has 0 aliphatic rings. The number of pyridine rings is 1. The van der Waals surface area contributed by atoms with Crippen LogP contribution < -0.4 is 10.6 Å². The highest BCUT2D eigenvalue weighted by Gasteiger charge is 2.11. The molecule has 0 fully saturated rings. The summed E-state index contributed by atoms with van der Waals surface area (Å²) in [5, 5.41) is 5.41. The third kappa shape index (κ3) is 4.52. The Morgan fingerprint density at radius 3 is 2.22 bits per heavy atom. The van der Waals surface area contributed by atoms with Crippen LogP contribution in [0.15, 0.2) is 60.8 Å². The van der Waals surface area contributed by atoms with Crippen molar-refractivity contribution in [3.63, 3.8) is 0 Å². The van der Waals surface area contributed by atoms with Crippen molar-refractivity contribution in [1.29, 1.82) is 0 Å². The normalized spacial score (nSPS) is 10.3. The van der Waals surface area contributed by atoms with Gasteiger partial charge in [-0.15, -0.1) is 0 Å². The van der Waals surface area contributed by atoms with Gasteiger partial charge in [-0.25, -0.2) is 13.8 Å². The topological polar surface area (TPSA) is 71.1 Å². The molecule has 1 heterocycles. The number of ketones is 1. The lowest BCUT2D eigenvalue weighted by Crippen LogP contribution is -2.13. The van der Waals surface area contributed by atoms with E-state index in [-0.39, 0.29) is 17.0 Å². The second kappa shape index (κ2) is 7.74. The molecule has 1 amide bonds. The average molecular weight is 367 g/mol. The Morgan fingerprint density at radius 1 is 0.926 bits per heavy atom. The Kier molecular flexibility index (Phi) is 5.21. The summed E-state index contributed by atoms with van der Waals surface area (Å²) in [5.74, 6) is -1.67. The first-order valence-electron chi connectivity index (χ1n) is 8.03. The van der Waals surface area contributed by atoms with Gasteiger partial charge in [0, 0.05) is 23.5 Å². The van der Waals surface area contributed by atoms with Crippen molar-refractivity contribution >= 4 is 28.9 Å². The Hall–Kier alpha value is -3.61. The summed E-state index contributed by atoms with van der Waals surface area (Å²) in [5.41, 5.74) is 1.44. The maximum Gasteiger partial charge on any atom is 0.257 e. The first kappa shape index (κ1) is 18.2. The van der Waals surface area contributed by atoms with E-state index in [0.717, 1.165) is 17.8 Å². The van der Waals surface area contributed by atoms with Crippen LogP contribution >= 0.6 is 0 Å². The minimum atomic E-state index is -0.858.